The first-order valence-electron chi connectivity index (χ1n) is 7.71. The van der Waals surface area contributed by atoms with Crippen LogP contribution >= 0.6 is 0 Å². The molecule has 0 spiro atoms. The molecule has 0 aliphatic carbocycles. The zero-order valence-corrected chi connectivity index (χ0v) is 13.6. The summed E-state index contributed by atoms with van der Waals surface area (Å²) in [4.78, 5) is 25.6. The highest BCUT2D eigenvalue weighted by atomic mass is 16.2. The molecule has 1 N–H and O–H groups in total. The third-order valence-corrected chi connectivity index (χ3v) is 3.77. The fourth-order valence-electron chi connectivity index (χ4n) is 2.34. The molecule has 2 aromatic carbocycles. The molecule has 2 rings (SSSR count). The fraction of sp³-hybridized carbons (Fsp3) is 0.263. The molecule has 120 valence electrons. The van der Waals surface area contributed by atoms with E-state index in [-0.39, 0.29) is 11.8 Å². The third kappa shape index (κ3) is 4.95. The van der Waals surface area contributed by atoms with E-state index >= 15 is 0 Å². The van der Waals surface area contributed by atoms with Gasteiger partial charge in [0.2, 0.25) is 5.91 Å². The van der Waals surface area contributed by atoms with Crippen LogP contribution in [-0.2, 0) is 11.3 Å². The molecule has 0 aliphatic heterocycles. The monoisotopic (exact) mass is 310 g/mol. The summed E-state index contributed by atoms with van der Waals surface area (Å²) in [5.41, 5.74) is 2.91. The lowest BCUT2D eigenvalue weighted by Gasteiger charge is -2.22. The molecular formula is C19H22N2O2. The smallest absolute Gasteiger partial charge is 0.251 e. The van der Waals surface area contributed by atoms with Crippen molar-refractivity contribution < 1.29 is 9.59 Å². The van der Waals surface area contributed by atoms with Gasteiger partial charge in [-0.05, 0) is 30.2 Å². The number of nitrogens with zero attached hydrogens (tertiary/aromatic N) is 1. The van der Waals surface area contributed by atoms with E-state index in [9.17, 15) is 9.59 Å². The number of aryl methyl sites for hydroxylation is 1. The van der Waals surface area contributed by atoms with Gasteiger partial charge in [0.05, 0.1) is 0 Å². The molecule has 0 bridgehead atoms. The highest BCUT2D eigenvalue weighted by Crippen LogP contribution is 2.10. The Hall–Kier alpha value is -2.62. The quantitative estimate of drug-likeness (QED) is 0.892. The highest BCUT2D eigenvalue weighted by Gasteiger charge is 2.11. The van der Waals surface area contributed by atoms with Gasteiger partial charge in [0.1, 0.15) is 0 Å². The van der Waals surface area contributed by atoms with E-state index in [4.69, 9.17) is 0 Å². The SMILES string of the molecule is CC(=O)N(CCNC(=O)c1ccccc1)Cc1ccccc1C. The van der Waals surface area contributed by atoms with Gasteiger partial charge in [0.25, 0.3) is 5.91 Å². The molecule has 2 amide bonds. The zero-order valence-electron chi connectivity index (χ0n) is 13.6. The van der Waals surface area contributed by atoms with Crippen LogP contribution in [0.1, 0.15) is 28.4 Å². The predicted molar refractivity (Wildman–Crippen MR) is 91.0 cm³/mol. The van der Waals surface area contributed by atoms with E-state index in [2.05, 4.69) is 5.32 Å². The molecule has 0 fully saturated rings. The number of amides is 2. The molecule has 0 aromatic heterocycles. The number of carbonyl (C=O) groups excluding carboxylic acids is 2. The maximum absolute atomic E-state index is 12.0. The molecule has 4 nitrogen and oxygen atoms in total. The first kappa shape index (κ1) is 16.7. The van der Waals surface area contributed by atoms with Gasteiger partial charge in [-0.1, -0.05) is 42.5 Å². The molecule has 0 aliphatic rings. The Kier molecular flexibility index (Phi) is 5.92. The van der Waals surface area contributed by atoms with E-state index in [1.807, 2.05) is 49.4 Å². The standard InChI is InChI=1S/C19H22N2O2/c1-15-8-6-7-11-18(15)14-21(16(2)22)13-12-20-19(23)17-9-4-3-5-10-17/h3-11H,12-14H2,1-2H3,(H,20,23). The zero-order chi connectivity index (χ0) is 16.7. The molecule has 4 heteroatoms. The van der Waals surface area contributed by atoms with Gasteiger partial charge in [-0.25, -0.2) is 0 Å². The Bertz CT molecular complexity index is 668. The van der Waals surface area contributed by atoms with Crippen LogP contribution in [0.25, 0.3) is 0 Å². The normalized spacial score (nSPS) is 10.2. The van der Waals surface area contributed by atoms with Crippen molar-refractivity contribution in [1.29, 1.82) is 0 Å². The first-order chi connectivity index (χ1) is 11.1. The molecule has 23 heavy (non-hydrogen) atoms. The topological polar surface area (TPSA) is 49.4 Å². The van der Waals surface area contributed by atoms with Gasteiger partial charge in [-0.3, -0.25) is 9.59 Å². The summed E-state index contributed by atoms with van der Waals surface area (Å²) in [6.07, 6.45) is 0. The molecule has 0 unspecified atom stereocenters. The molecular weight excluding hydrogens is 288 g/mol. The van der Waals surface area contributed by atoms with Crippen molar-refractivity contribution in [2.24, 2.45) is 0 Å². The van der Waals surface area contributed by atoms with Crippen molar-refractivity contribution in [2.75, 3.05) is 13.1 Å². The van der Waals surface area contributed by atoms with Crippen molar-refractivity contribution in [2.45, 2.75) is 20.4 Å². The van der Waals surface area contributed by atoms with Crippen LogP contribution in [0.15, 0.2) is 54.6 Å². The molecule has 0 radical (unpaired) electrons. The Morgan fingerprint density at radius 1 is 1.00 bits per heavy atom. The van der Waals surface area contributed by atoms with Crippen molar-refractivity contribution in [3.8, 4) is 0 Å². The van der Waals surface area contributed by atoms with Crippen molar-refractivity contribution in [1.82, 2.24) is 10.2 Å². The predicted octanol–water partition coefficient (Wildman–Crippen LogP) is 2.77. The van der Waals surface area contributed by atoms with Gasteiger partial charge in [-0.15, -0.1) is 0 Å². The number of rotatable bonds is 6. The Labute approximate surface area is 137 Å². The number of hydrogen-bond acceptors (Lipinski definition) is 2. The van der Waals surface area contributed by atoms with Crippen molar-refractivity contribution >= 4 is 11.8 Å². The maximum Gasteiger partial charge on any atom is 0.251 e. The second-order valence-corrected chi connectivity index (χ2v) is 5.49. The summed E-state index contributed by atoms with van der Waals surface area (Å²) in [6, 6.07) is 17.1. The van der Waals surface area contributed by atoms with Gasteiger partial charge in [0, 0.05) is 32.1 Å². The average Bonchev–Trinajstić information content (AvgIpc) is 2.56. The van der Waals surface area contributed by atoms with Gasteiger partial charge in [0.15, 0.2) is 0 Å². The lowest BCUT2D eigenvalue weighted by molar-refractivity contribution is -0.129. The van der Waals surface area contributed by atoms with E-state index in [0.29, 0.717) is 25.2 Å². The molecule has 2 aromatic rings. The number of hydrogen-bond donors (Lipinski definition) is 1. The third-order valence-electron chi connectivity index (χ3n) is 3.77. The Balaban J connectivity index is 1.89. The minimum atomic E-state index is -0.120. The minimum absolute atomic E-state index is 0.00205. The van der Waals surface area contributed by atoms with Crippen LogP contribution in [0, 0.1) is 6.92 Å². The summed E-state index contributed by atoms with van der Waals surface area (Å²) in [6.45, 7) is 5.06. The fourth-order valence-corrected chi connectivity index (χ4v) is 2.34. The molecule has 0 saturated carbocycles. The van der Waals surface area contributed by atoms with Gasteiger partial charge >= 0.3 is 0 Å². The lowest BCUT2D eigenvalue weighted by atomic mass is 10.1. The van der Waals surface area contributed by atoms with Crippen molar-refractivity contribution in [3.05, 3.63) is 71.3 Å². The van der Waals surface area contributed by atoms with Crippen LogP contribution in [-0.4, -0.2) is 29.8 Å². The first-order valence-corrected chi connectivity index (χ1v) is 7.71. The molecule has 0 saturated heterocycles. The summed E-state index contributed by atoms with van der Waals surface area (Å²) in [5, 5.41) is 2.85. The van der Waals surface area contributed by atoms with E-state index < -0.39 is 0 Å². The number of carbonyl (C=O) groups is 2. The maximum atomic E-state index is 12.0. The van der Waals surface area contributed by atoms with Gasteiger partial charge < -0.3 is 10.2 Å². The Morgan fingerprint density at radius 2 is 1.65 bits per heavy atom. The van der Waals surface area contributed by atoms with Crippen molar-refractivity contribution in [3.63, 3.8) is 0 Å². The minimum Gasteiger partial charge on any atom is -0.350 e. The summed E-state index contributed by atoms with van der Waals surface area (Å²) < 4.78 is 0. The lowest BCUT2D eigenvalue weighted by Crippen LogP contribution is -2.37. The van der Waals surface area contributed by atoms with Crippen LogP contribution in [0.2, 0.25) is 0 Å². The second-order valence-electron chi connectivity index (χ2n) is 5.49. The van der Waals surface area contributed by atoms with Crippen LogP contribution in [0.3, 0.4) is 0 Å². The van der Waals surface area contributed by atoms with Gasteiger partial charge in [-0.2, -0.15) is 0 Å². The number of benzene rings is 2. The molecule has 0 atom stereocenters. The summed E-state index contributed by atoms with van der Waals surface area (Å²) in [5.74, 6) is -0.118. The molecule has 0 heterocycles. The summed E-state index contributed by atoms with van der Waals surface area (Å²) >= 11 is 0. The largest absolute Gasteiger partial charge is 0.350 e. The number of nitrogens with one attached hydrogen (secondary N) is 1. The van der Waals surface area contributed by atoms with E-state index in [1.54, 1.807) is 24.0 Å². The van der Waals surface area contributed by atoms with Crippen LogP contribution < -0.4 is 5.32 Å². The summed E-state index contributed by atoms with van der Waals surface area (Å²) in [7, 11) is 0. The van der Waals surface area contributed by atoms with Crippen LogP contribution in [0.4, 0.5) is 0 Å². The van der Waals surface area contributed by atoms with Crippen LogP contribution in [0.5, 0.6) is 0 Å². The van der Waals surface area contributed by atoms with E-state index in [1.165, 1.54) is 0 Å². The van der Waals surface area contributed by atoms with E-state index in [0.717, 1.165) is 11.1 Å². The highest BCUT2D eigenvalue weighted by molar-refractivity contribution is 5.94. The average molecular weight is 310 g/mol. The second kappa shape index (κ2) is 8.13. The Morgan fingerprint density at radius 3 is 2.30 bits per heavy atom.